The van der Waals surface area contributed by atoms with Gasteiger partial charge in [0.05, 0.1) is 22.6 Å². The third kappa shape index (κ3) is 12.3. The topological polar surface area (TPSA) is 189 Å². The average molecular weight is 619 g/mol. The number of ether oxygens (including phenoxy) is 1. The Morgan fingerprint density at radius 2 is 1.62 bits per heavy atom. The van der Waals surface area contributed by atoms with Crippen LogP contribution in [0.25, 0.3) is 0 Å². The standard InChI is InChI=1S/C17H19Br2N3O4S.H2O4S/c18-13-3-5-14(6-4-13)27(23,24)26-9-1-8-25-16-7-2-12(10-15(16)19)11-22-17(20)21;1-5(2,3)4/h2-7,10H,1,8-9,11H2,(H4,20,21,22);(H2,1,2,3,4). The molecule has 0 saturated carbocycles. The monoisotopic (exact) mass is 617 g/mol. The molecule has 0 aromatic heterocycles. The summed E-state index contributed by atoms with van der Waals surface area (Å²) in [7, 11) is -8.44. The van der Waals surface area contributed by atoms with Crippen LogP contribution >= 0.6 is 31.9 Å². The van der Waals surface area contributed by atoms with Crippen LogP contribution in [-0.4, -0.2) is 45.1 Å². The molecule has 0 aliphatic heterocycles. The fourth-order valence-corrected chi connectivity index (χ4v) is 3.80. The van der Waals surface area contributed by atoms with E-state index in [1.807, 2.05) is 12.1 Å². The summed E-state index contributed by atoms with van der Waals surface area (Å²) < 4.78 is 67.9. The highest BCUT2D eigenvalue weighted by Gasteiger charge is 2.14. The molecule has 2 aromatic carbocycles. The molecule has 0 aliphatic rings. The molecular weight excluding hydrogens is 598 g/mol. The summed E-state index contributed by atoms with van der Waals surface area (Å²) in [4.78, 5) is 0.115. The number of nitrogens with two attached hydrogens (primary N) is 1. The second-order valence-electron chi connectivity index (χ2n) is 5.91. The Labute approximate surface area is 202 Å². The number of guanidine groups is 1. The van der Waals surface area contributed by atoms with Crippen LogP contribution in [0.15, 0.2) is 56.3 Å². The Morgan fingerprint density at radius 3 is 2.16 bits per heavy atom. The highest BCUT2D eigenvalue weighted by atomic mass is 79.9. The lowest BCUT2D eigenvalue weighted by Gasteiger charge is -2.11. The Hall–Kier alpha value is -1.75. The molecule has 0 fully saturated rings. The fraction of sp³-hybridized carbons (Fsp3) is 0.235. The summed E-state index contributed by atoms with van der Waals surface area (Å²) in [5.41, 5.74) is 6.19. The van der Waals surface area contributed by atoms with E-state index in [-0.39, 0.29) is 17.5 Å². The van der Waals surface area contributed by atoms with Crippen molar-refractivity contribution in [1.82, 2.24) is 5.32 Å². The van der Waals surface area contributed by atoms with Gasteiger partial charge in [-0.2, -0.15) is 16.8 Å². The van der Waals surface area contributed by atoms with Gasteiger partial charge in [-0.3, -0.25) is 18.7 Å². The molecule has 15 heteroatoms. The molecule has 0 amide bonds. The van der Waals surface area contributed by atoms with Gasteiger partial charge in [0.1, 0.15) is 5.75 Å². The van der Waals surface area contributed by atoms with Gasteiger partial charge in [0.15, 0.2) is 5.96 Å². The normalized spacial score (nSPS) is 11.2. The lowest BCUT2D eigenvalue weighted by atomic mass is 10.2. The second-order valence-corrected chi connectivity index (χ2v) is 10.2. The van der Waals surface area contributed by atoms with E-state index in [1.54, 1.807) is 18.2 Å². The molecule has 0 spiro atoms. The Balaban J connectivity index is 0.000000920. The second kappa shape index (κ2) is 13.1. The zero-order valence-corrected chi connectivity index (χ0v) is 21.2. The quantitative estimate of drug-likeness (QED) is 0.0918. The van der Waals surface area contributed by atoms with Gasteiger partial charge in [-0.25, -0.2) is 0 Å². The molecule has 0 heterocycles. The molecule has 0 aliphatic carbocycles. The highest BCUT2D eigenvalue weighted by molar-refractivity contribution is 9.10. The van der Waals surface area contributed by atoms with E-state index in [2.05, 4.69) is 37.2 Å². The third-order valence-corrected chi connectivity index (χ3v) is 5.84. The van der Waals surface area contributed by atoms with Crippen LogP contribution in [0.5, 0.6) is 5.75 Å². The molecule has 2 aromatic rings. The summed E-state index contributed by atoms with van der Waals surface area (Å²) in [6.07, 6.45) is 0.413. The summed E-state index contributed by atoms with van der Waals surface area (Å²) >= 11 is 6.68. The van der Waals surface area contributed by atoms with Crippen molar-refractivity contribution in [3.63, 3.8) is 0 Å². The zero-order valence-electron chi connectivity index (χ0n) is 16.4. The lowest BCUT2D eigenvalue weighted by molar-refractivity contribution is 0.250. The van der Waals surface area contributed by atoms with Gasteiger partial charge in [-0.1, -0.05) is 22.0 Å². The van der Waals surface area contributed by atoms with E-state index >= 15 is 0 Å². The number of hydrogen-bond acceptors (Lipinski definition) is 7. The van der Waals surface area contributed by atoms with Gasteiger partial charge in [-0.15, -0.1) is 0 Å². The highest BCUT2D eigenvalue weighted by Crippen LogP contribution is 2.26. The first-order valence-corrected chi connectivity index (χ1v) is 13.0. The molecule has 0 saturated heterocycles. The maximum Gasteiger partial charge on any atom is 0.394 e. The first-order valence-electron chi connectivity index (χ1n) is 8.62. The number of halogens is 2. The van der Waals surface area contributed by atoms with Crippen molar-refractivity contribution in [3.8, 4) is 5.75 Å². The summed E-state index contributed by atoms with van der Waals surface area (Å²) in [6.45, 7) is 0.770. The summed E-state index contributed by atoms with van der Waals surface area (Å²) in [5, 5.41) is 9.87. The van der Waals surface area contributed by atoms with E-state index in [9.17, 15) is 8.42 Å². The van der Waals surface area contributed by atoms with Crippen molar-refractivity contribution in [3.05, 3.63) is 57.0 Å². The van der Waals surface area contributed by atoms with Crippen LogP contribution in [-0.2, 0) is 31.2 Å². The predicted molar refractivity (Wildman–Crippen MR) is 124 cm³/mol. The van der Waals surface area contributed by atoms with Crippen LogP contribution in [0.3, 0.4) is 0 Å². The van der Waals surface area contributed by atoms with Crippen molar-refractivity contribution in [2.24, 2.45) is 5.73 Å². The molecule has 0 unspecified atom stereocenters. The van der Waals surface area contributed by atoms with Gasteiger partial charge in [0.25, 0.3) is 10.1 Å². The molecule has 0 radical (unpaired) electrons. The van der Waals surface area contributed by atoms with Crippen molar-refractivity contribution in [2.75, 3.05) is 13.2 Å². The Morgan fingerprint density at radius 1 is 1.03 bits per heavy atom. The molecule has 32 heavy (non-hydrogen) atoms. The van der Waals surface area contributed by atoms with Crippen molar-refractivity contribution >= 4 is 58.3 Å². The van der Waals surface area contributed by atoms with E-state index in [4.69, 9.17) is 37.6 Å². The van der Waals surface area contributed by atoms with Crippen LogP contribution in [0, 0.1) is 5.41 Å². The van der Waals surface area contributed by atoms with E-state index in [0.717, 1.165) is 14.5 Å². The van der Waals surface area contributed by atoms with Crippen LogP contribution in [0.1, 0.15) is 12.0 Å². The minimum absolute atomic E-state index is 0.0244. The van der Waals surface area contributed by atoms with Gasteiger partial charge >= 0.3 is 10.4 Å². The largest absolute Gasteiger partial charge is 0.492 e. The van der Waals surface area contributed by atoms with Gasteiger partial charge in [-0.05, 0) is 57.9 Å². The van der Waals surface area contributed by atoms with Crippen molar-refractivity contribution in [2.45, 2.75) is 17.9 Å². The first-order chi connectivity index (χ1) is 14.8. The Bertz CT molecular complexity index is 1100. The molecule has 178 valence electrons. The first kappa shape index (κ1) is 28.3. The molecule has 0 atom stereocenters. The molecular formula is C17H21Br2N3O8S2. The zero-order chi connectivity index (χ0) is 24.4. The van der Waals surface area contributed by atoms with Gasteiger partial charge in [0.2, 0.25) is 0 Å². The van der Waals surface area contributed by atoms with E-state index < -0.39 is 20.5 Å². The number of hydrogen-bond donors (Lipinski definition) is 5. The third-order valence-electron chi connectivity index (χ3n) is 3.37. The SMILES string of the molecule is N=C(N)NCc1ccc(OCCCOS(=O)(=O)c2ccc(Br)cc2)c(Br)c1.O=S(=O)(O)O. The van der Waals surface area contributed by atoms with E-state index in [1.165, 1.54) is 12.1 Å². The van der Waals surface area contributed by atoms with Crippen molar-refractivity contribution in [1.29, 1.82) is 5.41 Å². The Kier molecular flexibility index (Phi) is 11.6. The van der Waals surface area contributed by atoms with Crippen LogP contribution < -0.4 is 15.8 Å². The average Bonchev–Trinajstić information content (AvgIpc) is 2.66. The predicted octanol–water partition coefficient (Wildman–Crippen LogP) is 2.72. The minimum Gasteiger partial charge on any atom is -0.492 e. The molecule has 6 N–H and O–H groups in total. The van der Waals surface area contributed by atoms with Crippen LogP contribution in [0.2, 0.25) is 0 Å². The van der Waals surface area contributed by atoms with E-state index in [0.29, 0.717) is 25.3 Å². The fourth-order valence-electron chi connectivity index (χ4n) is 2.05. The molecule has 0 bridgehead atoms. The van der Waals surface area contributed by atoms with Gasteiger partial charge in [0, 0.05) is 17.4 Å². The molecule has 2 rings (SSSR count). The smallest absolute Gasteiger partial charge is 0.394 e. The van der Waals surface area contributed by atoms with Crippen LogP contribution in [0.4, 0.5) is 0 Å². The summed E-state index contributed by atoms with van der Waals surface area (Å²) in [5.74, 6) is 0.543. The number of benzene rings is 2. The maximum atomic E-state index is 12.1. The number of rotatable bonds is 9. The lowest BCUT2D eigenvalue weighted by Crippen LogP contribution is -2.29. The number of nitrogens with one attached hydrogen (secondary N) is 2. The minimum atomic E-state index is -4.67. The van der Waals surface area contributed by atoms with Gasteiger partial charge < -0.3 is 15.8 Å². The maximum absolute atomic E-state index is 12.1. The summed E-state index contributed by atoms with van der Waals surface area (Å²) in [6, 6.07) is 11.8. The van der Waals surface area contributed by atoms with Crippen molar-refractivity contribution < 1.29 is 34.9 Å². The molecule has 11 nitrogen and oxygen atoms in total.